The number of carbonyl (C=O) groups excluding carboxylic acids is 1. The van der Waals surface area contributed by atoms with Gasteiger partial charge in [-0.2, -0.15) is 0 Å². The van der Waals surface area contributed by atoms with Gasteiger partial charge in [0.15, 0.2) is 0 Å². The first-order valence-corrected chi connectivity index (χ1v) is 3.80. The highest BCUT2D eigenvalue weighted by Crippen LogP contribution is 2.21. The Labute approximate surface area is 81.9 Å². The molecular formula is C8H10ClN3O. The Morgan fingerprint density at radius 2 is 2.23 bits per heavy atom. The Morgan fingerprint density at radius 1 is 1.46 bits per heavy atom. The van der Waals surface area contributed by atoms with Gasteiger partial charge in [-0.25, -0.2) is 0 Å². The van der Waals surface area contributed by atoms with Crippen molar-refractivity contribution in [3.05, 3.63) is 18.0 Å². The minimum Gasteiger partial charge on any atom is -0.397 e. The minimum atomic E-state index is 0. The van der Waals surface area contributed by atoms with Crippen LogP contribution in [0.15, 0.2) is 12.3 Å². The highest BCUT2D eigenvalue weighted by atomic mass is 35.5. The van der Waals surface area contributed by atoms with Crippen LogP contribution in [0.2, 0.25) is 0 Å². The average Bonchev–Trinajstić information content (AvgIpc) is 2.03. The number of pyridine rings is 1. The second kappa shape index (κ2) is 3.62. The number of nitrogens with two attached hydrogens (primary N) is 1. The fraction of sp³-hybridized carbons (Fsp3) is 0.250. The van der Waals surface area contributed by atoms with E-state index in [1.807, 2.05) is 0 Å². The first-order valence-electron chi connectivity index (χ1n) is 3.80. The number of aryl methyl sites for hydroxylation is 1. The van der Waals surface area contributed by atoms with Crippen LogP contribution in [0.25, 0.3) is 0 Å². The Hall–Kier alpha value is -1.29. The molecule has 0 fully saturated rings. The summed E-state index contributed by atoms with van der Waals surface area (Å²) >= 11 is 0. The van der Waals surface area contributed by atoms with Crippen LogP contribution in [0.5, 0.6) is 0 Å². The molecule has 1 aromatic rings. The summed E-state index contributed by atoms with van der Waals surface area (Å²) in [4.78, 5) is 15.1. The molecule has 0 saturated heterocycles. The van der Waals surface area contributed by atoms with Gasteiger partial charge in [-0.3, -0.25) is 9.78 Å². The molecule has 2 rings (SSSR count). The molecule has 0 atom stereocenters. The second-order valence-electron chi connectivity index (χ2n) is 2.81. The zero-order valence-corrected chi connectivity index (χ0v) is 7.73. The number of anilines is 2. The fourth-order valence-corrected chi connectivity index (χ4v) is 1.26. The molecule has 1 aliphatic rings. The summed E-state index contributed by atoms with van der Waals surface area (Å²) in [6.45, 7) is 0. The molecule has 0 spiro atoms. The number of nitrogen functional groups attached to an aromatic ring is 1. The van der Waals surface area contributed by atoms with E-state index in [9.17, 15) is 4.79 Å². The number of hydrogen-bond donors (Lipinski definition) is 2. The van der Waals surface area contributed by atoms with Gasteiger partial charge in [0.25, 0.3) is 0 Å². The summed E-state index contributed by atoms with van der Waals surface area (Å²) in [5.41, 5.74) is 7.77. The normalized spacial score (nSPS) is 14.0. The molecule has 0 unspecified atom stereocenters. The molecule has 0 radical (unpaired) electrons. The maximum absolute atomic E-state index is 11.0. The lowest BCUT2D eigenvalue weighted by Crippen LogP contribution is -2.19. The van der Waals surface area contributed by atoms with Gasteiger partial charge < -0.3 is 11.1 Å². The molecule has 0 aliphatic carbocycles. The van der Waals surface area contributed by atoms with E-state index in [2.05, 4.69) is 10.3 Å². The molecule has 1 aromatic heterocycles. The van der Waals surface area contributed by atoms with Crippen molar-refractivity contribution >= 4 is 29.7 Å². The van der Waals surface area contributed by atoms with Crippen LogP contribution in [0.3, 0.4) is 0 Å². The molecule has 3 N–H and O–H groups in total. The lowest BCUT2D eigenvalue weighted by atomic mass is 10.1. The zero-order valence-electron chi connectivity index (χ0n) is 6.91. The smallest absolute Gasteiger partial charge is 0.224 e. The van der Waals surface area contributed by atoms with E-state index >= 15 is 0 Å². The van der Waals surface area contributed by atoms with Crippen LogP contribution in [-0.4, -0.2) is 10.9 Å². The predicted octanol–water partition coefficient (Wildman–Crippen LogP) is 0.970. The van der Waals surface area contributed by atoms with Crippen molar-refractivity contribution in [2.45, 2.75) is 12.8 Å². The highest BCUT2D eigenvalue weighted by Gasteiger charge is 2.15. The third kappa shape index (κ3) is 1.89. The first kappa shape index (κ1) is 9.80. The Kier molecular flexibility index (Phi) is 2.72. The monoisotopic (exact) mass is 199 g/mol. The number of halogens is 1. The molecule has 0 aromatic carbocycles. The highest BCUT2D eigenvalue weighted by molar-refractivity contribution is 5.93. The summed E-state index contributed by atoms with van der Waals surface area (Å²) in [5, 5.41) is 2.72. The second-order valence-corrected chi connectivity index (χ2v) is 2.81. The number of nitrogens with one attached hydrogen (secondary N) is 1. The molecule has 2 heterocycles. The van der Waals surface area contributed by atoms with Crippen LogP contribution in [0.4, 0.5) is 11.4 Å². The molecule has 5 heteroatoms. The maximum atomic E-state index is 11.0. The van der Waals surface area contributed by atoms with Crippen molar-refractivity contribution in [3.63, 3.8) is 0 Å². The van der Waals surface area contributed by atoms with Crippen LogP contribution in [-0.2, 0) is 11.2 Å². The van der Waals surface area contributed by atoms with Crippen molar-refractivity contribution in [2.75, 3.05) is 11.1 Å². The zero-order chi connectivity index (χ0) is 8.55. The Morgan fingerprint density at radius 3 is 3.00 bits per heavy atom. The van der Waals surface area contributed by atoms with Crippen molar-refractivity contribution in [2.24, 2.45) is 0 Å². The number of carbonyl (C=O) groups is 1. The lowest BCUT2D eigenvalue weighted by Gasteiger charge is -2.15. The molecular weight excluding hydrogens is 190 g/mol. The first-order chi connectivity index (χ1) is 5.75. The van der Waals surface area contributed by atoms with Crippen LogP contribution >= 0.6 is 12.4 Å². The van der Waals surface area contributed by atoms with Gasteiger partial charge in [-0.1, -0.05) is 0 Å². The molecule has 1 aliphatic heterocycles. The predicted molar refractivity (Wildman–Crippen MR) is 52.8 cm³/mol. The molecule has 4 nitrogen and oxygen atoms in total. The van der Waals surface area contributed by atoms with Gasteiger partial charge in [-0.15, -0.1) is 12.4 Å². The van der Waals surface area contributed by atoms with Crippen LogP contribution < -0.4 is 11.1 Å². The number of rotatable bonds is 0. The number of hydrogen-bond acceptors (Lipinski definition) is 3. The third-order valence-corrected chi connectivity index (χ3v) is 1.85. The fourth-order valence-electron chi connectivity index (χ4n) is 1.26. The minimum absolute atomic E-state index is 0. The molecule has 0 saturated carbocycles. The van der Waals surface area contributed by atoms with Gasteiger partial charge >= 0.3 is 0 Å². The van der Waals surface area contributed by atoms with Crippen LogP contribution in [0.1, 0.15) is 12.1 Å². The number of amides is 1. The lowest BCUT2D eigenvalue weighted by molar-refractivity contribution is -0.116. The molecule has 13 heavy (non-hydrogen) atoms. The summed E-state index contributed by atoms with van der Waals surface area (Å²) < 4.78 is 0. The third-order valence-electron chi connectivity index (χ3n) is 1.85. The summed E-state index contributed by atoms with van der Waals surface area (Å²) in [6.07, 6.45) is 2.83. The maximum Gasteiger partial charge on any atom is 0.224 e. The summed E-state index contributed by atoms with van der Waals surface area (Å²) in [6, 6.07) is 1.74. The van der Waals surface area contributed by atoms with E-state index in [1.54, 1.807) is 12.3 Å². The number of aromatic nitrogens is 1. The van der Waals surface area contributed by atoms with Gasteiger partial charge in [0, 0.05) is 12.8 Å². The van der Waals surface area contributed by atoms with Gasteiger partial charge in [0.05, 0.1) is 23.3 Å². The topological polar surface area (TPSA) is 68.0 Å². The van der Waals surface area contributed by atoms with Gasteiger partial charge in [0.1, 0.15) is 0 Å². The van der Waals surface area contributed by atoms with E-state index in [-0.39, 0.29) is 18.3 Å². The van der Waals surface area contributed by atoms with Gasteiger partial charge in [-0.05, 0) is 6.07 Å². The SMILES string of the molecule is Cl.Nc1cnc2c(c1)NC(=O)CC2. The van der Waals surface area contributed by atoms with Gasteiger partial charge in [0.2, 0.25) is 5.91 Å². The Bertz CT molecular complexity index is 340. The van der Waals surface area contributed by atoms with Crippen molar-refractivity contribution in [1.29, 1.82) is 0 Å². The largest absolute Gasteiger partial charge is 0.397 e. The summed E-state index contributed by atoms with van der Waals surface area (Å²) in [7, 11) is 0. The van der Waals surface area contributed by atoms with Crippen molar-refractivity contribution in [3.8, 4) is 0 Å². The van der Waals surface area contributed by atoms with Crippen molar-refractivity contribution in [1.82, 2.24) is 4.98 Å². The number of fused-ring (bicyclic) bond motifs is 1. The molecule has 0 bridgehead atoms. The van der Waals surface area contributed by atoms with E-state index in [0.717, 1.165) is 11.4 Å². The molecule has 70 valence electrons. The average molecular weight is 200 g/mol. The van der Waals surface area contributed by atoms with E-state index in [1.165, 1.54) is 0 Å². The standard InChI is InChI=1S/C8H9N3O.ClH/c9-5-3-7-6(10-4-5)1-2-8(12)11-7;/h3-4H,1-2,9H2,(H,11,12);1H. The van der Waals surface area contributed by atoms with Crippen molar-refractivity contribution < 1.29 is 4.79 Å². The number of nitrogens with zero attached hydrogens (tertiary/aromatic N) is 1. The van der Waals surface area contributed by atoms with E-state index in [4.69, 9.17) is 5.73 Å². The van der Waals surface area contributed by atoms with Crippen LogP contribution in [0, 0.1) is 0 Å². The van der Waals surface area contributed by atoms with E-state index in [0.29, 0.717) is 18.5 Å². The quantitative estimate of drug-likeness (QED) is 0.654. The summed E-state index contributed by atoms with van der Waals surface area (Å²) in [5.74, 6) is 0.0369. The molecule has 1 amide bonds. The Balaban J connectivity index is 0.000000845. The van der Waals surface area contributed by atoms with E-state index < -0.39 is 0 Å².